The van der Waals surface area contributed by atoms with Crippen molar-refractivity contribution >= 4 is 16.9 Å². The van der Waals surface area contributed by atoms with Crippen LogP contribution in [0.2, 0.25) is 0 Å². The third kappa shape index (κ3) is 3.34. The molecule has 2 aliphatic rings. The molecule has 4 rings (SSSR count). The number of methoxy groups -OCH3 is 1. The van der Waals surface area contributed by atoms with Gasteiger partial charge in [0, 0.05) is 23.6 Å². The molecule has 6 heteroatoms. The standard InChI is InChI=1S/C22H27N3O2S/c1-5-15-13-28-22-24-19(17-10-6-7-12-23-17)20(25(15)22)16-9-8-11-18(26-4)21(16)27-14(2)3/h6-12,14-15,19-20H,5,13H2,1-4H3/t15-,19-,20-/m1/s1. The van der Waals surface area contributed by atoms with E-state index in [1.807, 2.05) is 56.1 Å². The highest BCUT2D eigenvalue weighted by Gasteiger charge is 2.46. The van der Waals surface area contributed by atoms with Crippen molar-refractivity contribution in [3.8, 4) is 11.5 Å². The molecular formula is C22H27N3O2S. The van der Waals surface area contributed by atoms with Crippen LogP contribution in [0.5, 0.6) is 11.5 Å². The monoisotopic (exact) mass is 397 g/mol. The van der Waals surface area contributed by atoms with E-state index < -0.39 is 0 Å². The van der Waals surface area contributed by atoms with Crippen LogP contribution in [0, 0.1) is 0 Å². The van der Waals surface area contributed by atoms with E-state index in [2.05, 4.69) is 28.9 Å². The molecule has 148 valence electrons. The van der Waals surface area contributed by atoms with Crippen LogP contribution in [-0.2, 0) is 0 Å². The Bertz CT molecular complexity index is 856. The van der Waals surface area contributed by atoms with E-state index in [1.54, 1.807) is 7.11 Å². The number of thioether (sulfide) groups is 1. The first-order chi connectivity index (χ1) is 13.6. The average molecular weight is 398 g/mol. The molecule has 0 spiro atoms. The van der Waals surface area contributed by atoms with E-state index in [9.17, 15) is 0 Å². The molecule has 1 saturated heterocycles. The van der Waals surface area contributed by atoms with Gasteiger partial charge in [0.25, 0.3) is 0 Å². The lowest BCUT2D eigenvalue weighted by Crippen LogP contribution is -2.35. The summed E-state index contributed by atoms with van der Waals surface area (Å²) in [5, 5.41) is 1.12. The van der Waals surface area contributed by atoms with Gasteiger partial charge in [0.1, 0.15) is 6.04 Å². The highest BCUT2D eigenvalue weighted by molar-refractivity contribution is 8.14. The zero-order valence-corrected chi connectivity index (χ0v) is 17.6. The molecular weight excluding hydrogens is 370 g/mol. The van der Waals surface area contributed by atoms with Crippen molar-refractivity contribution in [3.05, 3.63) is 53.9 Å². The molecule has 0 saturated carbocycles. The van der Waals surface area contributed by atoms with Crippen molar-refractivity contribution in [3.63, 3.8) is 0 Å². The van der Waals surface area contributed by atoms with Crippen LogP contribution in [0.4, 0.5) is 0 Å². The van der Waals surface area contributed by atoms with Crippen LogP contribution in [0.3, 0.4) is 0 Å². The van der Waals surface area contributed by atoms with Crippen molar-refractivity contribution < 1.29 is 9.47 Å². The molecule has 28 heavy (non-hydrogen) atoms. The highest BCUT2D eigenvalue weighted by Crippen LogP contribution is 2.51. The Morgan fingerprint density at radius 3 is 2.75 bits per heavy atom. The number of hydrogen-bond donors (Lipinski definition) is 0. The SMILES string of the molecule is CC[C@@H]1CSC2=N[C@H](c3ccccn3)[C@@H](c3cccc(OC)c3OC(C)C)N21. The smallest absolute Gasteiger partial charge is 0.166 e. The summed E-state index contributed by atoms with van der Waals surface area (Å²) in [6.07, 6.45) is 2.99. The Labute approximate surface area is 171 Å². The van der Waals surface area contributed by atoms with E-state index in [0.717, 1.165) is 40.1 Å². The molecule has 2 aromatic rings. The fourth-order valence-electron chi connectivity index (χ4n) is 3.98. The number of fused-ring (bicyclic) bond motifs is 1. The topological polar surface area (TPSA) is 47.0 Å². The third-order valence-electron chi connectivity index (χ3n) is 5.23. The van der Waals surface area contributed by atoms with Gasteiger partial charge in [-0.2, -0.15) is 0 Å². The minimum Gasteiger partial charge on any atom is -0.493 e. The maximum atomic E-state index is 6.25. The first kappa shape index (κ1) is 19.1. The zero-order valence-electron chi connectivity index (χ0n) is 16.8. The van der Waals surface area contributed by atoms with Crippen LogP contribution < -0.4 is 9.47 Å². The summed E-state index contributed by atoms with van der Waals surface area (Å²) >= 11 is 1.85. The molecule has 3 atom stereocenters. The van der Waals surface area contributed by atoms with Crippen LogP contribution >= 0.6 is 11.8 Å². The summed E-state index contributed by atoms with van der Waals surface area (Å²) in [5.74, 6) is 2.65. The van der Waals surface area contributed by atoms with Gasteiger partial charge in [-0.3, -0.25) is 9.98 Å². The van der Waals surface area contributed by atoms with E-state index in [1.165, 1.54) is 0 Å². The maximum Gasteiger partial charge on any atom is 0.166 e. The molecule has 0 amide bonds. The number of pyridine rings is 1. The lowest BCUT2D eigenvalue weighted by Gasteiger charge is -2.33. The Kier molecular flexibility index (Phi) is 5.49. The Morgan fingerprint density at radius 1 is 1.21 bits per heavy atom. The van der Waals surface area contributed by atoms with E-state index in [-0.39, 0.29) is 18.2 Å². The van der Waals surface area contributed by atoms with Crippen molar-refractivity contribution in [2.24, 2.45) is 4.99 Å². The van der Waals surface area contributed by atoms with Crippen LogP contribution in [-0.4, -0.2) is 40.1 Å². The summed E-state index contributed by atoms with van der Waals surface area (Å²) < 4.78 is 11.9. The van der Waals surface area contributed by atoms with Crippen LogP contribution in [0.1, 0.15) is 50.5 Å². The van der Waals surface area contributed by atoms with Crippen LogP contribution in [0.15, 0.2) is 47.6 Å². The Morgan fingerprint density at radius 2 is 2.07 bits per heavy atom. The molecule has 0 N–H and O–H groups in total. The van der Waals surface area contributed by atoms with E-state index in [0.29, 0.717) is 6.04 Å². The number of amidine groups is 1. The zero-order chi connectivity index (χ0) is 19.7. The van der Waals surface area contributed by atoms with Crippen molar-refractivity contribution in [2.75, 3.05) is 12.9 Å². The second kappa shape index (κ2) is 8.03. The second-order valence-electron chi connectivity index (χ2n) is 7.38. The summed E-state index contributed by atoms with van der Waals surface area (Å²) in [5.41, 5.74) is 2.10. The minimum absolute atomic E-state index is 0.0497. The molecule has 1 fully saturated rings. The molecule has 5 nitrogen and oxygen atoms in total. The first-order valence-electron chi connectivity index (χ1n) is 9.87. The normalized spacial score (nSPS) is 23.7. The number of rotatable bonds is 6. The van der Waals surface area contributed by atoms with Gasteiger partial charge in [0.2, 0.25) is 0 Å². The fourth-order valence-corrected chi connectivity index (χ4v) is 5.31. The largest absolute Gasteiger partial charge is 0.493 e. The first-order valence-corrected chi connectivity index (χ1v) is 10.9. The fraction of sp³-hybridized carbons (Fsp3) is 0.455. The molecule has 3 heterocycles. The van der Waals surface area contributed by atoms with Gasteiger partial charge in [-0.1, -0.05) is 36.9 Å². The average Bonchev–Trinajstić information content (AvgIpc) is 3.27. The summed E-state index contributed by atoms with van der Waals surface area (Å²) in [7, 11) is 1.69. The Balaban J connectivity index is 1.85. The predicted octanol–water partition coefficient (Wildman–Crippen LogP) is 4.86. The van der Waals surface area contributed by atoms with Gasteiger partial charge < -0.3 is 14.4 Å². The number of nitrogens with zero attached hydrogens (tertiary/aromatic N) is 3. The summed E-state index contributed by atoms with van der Waals surface area (Å²) in [6, 6.07) is 12.7. The Hall–Kier alpha value is -2.21. The lowest BCUT2D eigenvalue weighted by atomic mass is 9.94. The van der Waals surface area contributed by atoms with Gasteiger partial charge in [-0.05, 0) is 38.5 Å². The molecule has 0 unspecified atom stereocenters. The number of hydrogen-bond acceptors (Lipinski definition) is 6. The van der Waals surface area contributed by atoms with Crippen molar-refractivity contribution in [2.45, 2.75) is 51.4 Å². The van der Waals surface area contributed by atoms with Gasteiger partial charge in [0.05, 0.1) is 24.9 Å². The third-order valence-corrected chi connectivity index (χ3v) is 6.36. The summed E-state index contributed by atoms with van der Waals surface area (Å²) in [6.45, 7) is 6.34. The molecule has 1 aromatic carbocycles. The highest BCUT2D eigenvalue weighted by atomic mass is 32.2. The predicted molar refractivity (Wildman–Crippen MR) is 114 cm³/mol. The van der Waals surface area contributed by atoms with Gasteiger partial charge >= 0.3 is 0 Å². The quantitative estimate of drug-likeness (QED) is 0.697. The van der Waals surface area contributed by atoms with E-state index >= 15 is 0 Å². The molecule has 2 aliphatic heterocycles. The van der Waals surface area contributed by atoms with Gasteiger partial charge in [-0.15, -0.1) is 0 Å². The van der Waals surface area contributed by atoms with Crippen LogP contribution in [0.25, 0.3) is 0 Å². The van der Waals surface area contributed by atoms with Crippen molar-refractivity contribution in [1.82, 2.24) is 9.88 Å². The molecule has 1 aromatic heterocycles. The number of aliphatic imine (C=N–C) groups is 1. The molecule has 0 aliphatic carbocycles. The van der Waals surface area contributed by atoms with Crippen molar-refractivity contribution in [1.29, 1.82) is 0 Å². The molecule has 0 bridgehead atoms. The van der Waals surface area contributed by atoms with Gasteiger partial charge in [-0.25, -0.2) is 0 Å². The number of ether oxygens (including phenoxy) is 2. The second-order valence-corrected chi connectivity index (χ2v) is 8.37. The number of para-hydroxylation sites is 1. The number of aromatic nitrogens is 1. The lowest BCUT2D eigenvalue weighted by molar-refractivity contribution is 0.209. The maximum absolute atomic E-state index is 6.25. The summed E-state index contributed by atoms with van der Waals surface area (Å²) in [4.78, 5) is 12.2. The number of benzene rings is 1. The van der Waals surface area contributed by atoms with E-state index in [4.69, 9.17) is 14.5 Å². The molecule has 0 radical (unpaired) electrons. The van der Waals surface area contributed by atoms with Gasteiger partial charge in [0.15, 0.2) is 16.7 Å². The minimum atomic E-state index is -0.0559.